The monoisotopic (exact) mass is 450 g/mol. The molecule has 0 saturated heterocycles. The maximum atomic E-state index is 13.2. The van der Waals surface area contributed by atoms with E-state index in [0.717, 1.165) is 17.5 Å². The van der Waals surface area contributed by atoms with Crippen molar-refractivity contribution in [2.75, 3.05) is 30.9 Å². The van der Waals surface area contributed by atoms with E-state index in [1.54, 1.807) is 0 Å². The summed E-state index contributed by atoms with van der Waals surface area (Å²) in [5.74, 6) is -0.321. The van der Waals surface area contributed by atoms with Gasteiger partial charge in [0.25, 0.3) is 5.56 Å². The number of H-pyrrole nitrogens is 1. The molecule has 1 aromatic heterocycles. The Kier molecular flexibility index (Phi) is 8.21. The molecule has 8 heteroatoms. The maximum Gasteiger partial charge on any atom is 0.330 e. The predicted octanol–water partition coefficient (Wildman–Crippen LogP) is 2.34. The molecular formula is C25H30N4O4. The molecule has 0 fully saturated rings. The van der Waals surface area contributed by atoms with Gasteiger partial charge in [0, 0.05) is 20.1 Å². The van der Waals surface area contributed by atoms with Gasteiger partial charge in [-0.05, 0) is 29.5 Å². The summed E-state index contributed by atoms with van der Waals surface area (Å²) in [7, 11) is 1.52. The van der Waals surface area contributed by atoms with Crippen LogP contribution in [0.2, 0.25) is 0 Å². The van der Waals surface area contributed by atoms with Crippen molar-refractivity contribution in [3.63, 3.8) is 0 Å². The molecule has 8 nitrogen and oxygen atoms in total. The van der Waals surface area contributed by atoms with Crippen LogP contribution in [-0.2, 0) is 28.9 Å². The van der Waals surface area contributed by atoms with Gasteiger partial charge in [-0.3, -0.25) is 19.1 Å². The van der Waals surface area contributed by atoms with Crippen molar-refractivity contribution in [3.05, 3.63) is 92.1 Å². The normalized spacial score (nSPS) is 10.8. The summed E-state index contributed by atoms with van der Waals surface area (Å²) in [5.41, 5.74) is 8.04. The molecule has 0 aliphatic rings. The number of nitrogens with one attached hydrogen (secondary N) is 1. The lowest BCUT2D eigenvalue weighted by Gasteiger charge is -2.24. The molecule has 0 unspecified atom stereocenters. The lowest BCUT2D eigenvalue weighted by atomic mass is 10.1. The fraction of sp³-hybridized carbons (Fsp3) is 0.320. The SMILES string of the molecule is CCc1ccc(CCC(=O)N(CCOC)c2c(N)n(Cc3ccccc3)c(=O)[nH]c2=O)cc1. The molecule has 0 aliphatic carbocycles. The lowest BCUT2D eigenvalue weighted by molar-refractivity contribution is -0.118. The molecule has 0 bridgehead atoms. The van der Waals surface area contributed by atoms with E-state index in [0.29, 0.717) is 6.42 Å². The molecule has 3 aromatic rings. The molecule has 3 N–H and O–H groups in total. The summed E-state index contributed by atoms with van der Waals surface area (Å²) in [6, 6.07) is 17.4. The number of benzene rings is 2. The van der Waals surface area contributed by atoms with Crippen LogP contribution in [0.5, 0.6) is 0 Å². The number of nitrogens with two attached hydrogens (primary N) is 1. The Labute approximate surface area is 192 Å². The maximum absolute atomic E-state index is 13.2. The molecule has 2 aromatic carbocycles. The second-order valence-corrected chi connectivity index (χ2v) is 7.77. The molecule has 0 atom stereocenters. The first-order valence-electron chi connectivity index (χ1n) is 11.0. The van der Waals surface area contributed by atoms with Gasteiger partial charge in [-0.2, -0.15) is 0 Å². The molecule has 1 heterocycles. The van der Waals surface area contributed by atoms with Gasteiger partial charge in [-0.15, -0.1) is 0 Å². The third-order valence-electron chi connectivity index (χ3n) is 5.55. The number of carbonyl (C=O) groups is 1. The van der Waals surface area contributed by atoms with Gasteiger partial charge in [-0.25, -0.2) is 4.79 Å². The highest BCUT2D eigenvalue weighted by molar-refractivity contribution is 5.95. The highest BCUT2D eigenvalue weighted by atomic mass is 16.5. The summed E-state index contributed by atoms with van der Waals surface area (Å²) >= 11 is 0. The largest absolute Gasteiger partial charge is 0.383 e. The Balaban J connectivity index is 1.90. The number of nitrogen functional groups attached to an aromatic ring is 1. The van der Waals surface area contributed by atoms with Gasteiger partial charge in [0.05, 0.1) is 13.2 Å². The number of methoxy groups -OCH3 is 1. The van der Waals surface area contributed by atoms with Gasteiger partial charge < -0.3 is 15.4 Å². The first-order chi connectivity index (χ1) is 15.9. The molecule has 0 spiro atoms. The third kappa shape index (κ3) is 5.98. The second kappa shape index (κ2) is 11.3. The van der Waals surface area contributed by atoms with E-state index in [4.69, 9.17) is 10.5 Å². The molecule has 0 aliphatic heterocycles. The van der Waals surface area contributed by atoms with E-state index in [-0.39, 0.29) is 43.5 Å². The van der Waals surface area contributed by atoms with E-state index in [1.807, 2.05) is 54.6 Å². The van der Waals surface area contributed by atoms with Crippen molar-refractivity contribution in [1.29, 1.82) is 0 Å². The number of nitrogens with zero attached hydrogens (tertiary/aromatic N) is 2. The predicted molar refractivity (Wildman–Crippen MR) is 130 cm³/mol. The molecule has 0 radical (unpaired) electrons. The summed E-state index contributed by atoms with van der Waals surface area (Å²) in [4.78, 5) is 42.0. The fourth-order valence-corrected chi connectivity index (χ4v) is 3.63. The van der Waals surface area contributed by atoms with Crippen LogP contribution < -0.4 is 21.9 Å². The Morgan fingerprint density at radius 1 is 1.03 bits per heavy atom. The standard InChI is InChI=1S/C25H30N4O4/c1-3-18-9-11-19(12-10-18)13-14-21(30)28(15-16-33-2)22-23(26)29(25(32)27-24(22)31)17-20-7-5-4-6-8-20/h4-12H,3,13-17,26H2,1-2H3,(H,27,31,32). The quantitative estimate of drug-likeness (QED) is 0.493. The van der Waals surface area contributed by atoms with Crippen LogP contribution in [0.1, 0.15) is 30.0 Å². The van der Waals surface area contributed by atoms with E-state index >= 15 is 0 Å². The summed E-state index contributed by atoms with van der Waals surface area (Å²) in [6.45, 7) is 2.62. The van der Waals surface area contributed by atoms with Crippen molar-refractivity contribution in [3.8, 4) is 0 Å². The number of rotatable bonds is 10. The highest BCUT2D eigenvalue weighted by Gasteiger charge is 2.24. The van der Waals surface area contributed by atoms with Gasteiger partial charge in [0.2, 0.25) is 5.91 Å². The van der Waals surface area contributed by atoms with Crippen molar-refractivity contribution >= 4 is 17.4 Å². The topological polar surface area (TPSA) is 110 Å². The van der Waals surface area contributed by atoms with Crippen LogP contribution >= 0.6 is 0 Å². The van der Waals surface area contributed by atoms with Gasteiger partial charge in [-0.1, -0.05) is 61.5 Å². The minimum atomic E-state index is -0.696. The lowest BCUT2D eigenvalue weighted by Crippen LogP contribution is -2.42. The number of aryl methyl sites for hydroxylation is 2. The van der Waals surface area contributed by atoms with E-state index in [1.165, 1.54) is 22.1 Å². The Bertz CT molecular complexity index is 1180. The molecule has 1 amide bonds. The molecular weight excluding hydrogens is 420 g/mol. The fourth-order valence-electron chi connectivity index (χ4n) is 3.63. The first kappa shape index (κ1) is 24.0. The zero-order valence-electron chi connectivity index (χ0n) is 19.0. The zero-order chi connectivity index (χ0) is 23.8. The van der Waals surface area contributed by atoms with Crippen LogP contribution in [0.3, 0.4) is 0 Å². The van der Waals surface area contributed by atoms with E-state index < -0.39 is 11.2 Å². The third-order valence-corrected chi connectivity index (χ3v) is 5.55. The van der Waals surface area contributed by atoms with Crippen LogP contribution in [0, 0.1) is 0 Å². The van der Waals surface area contributed by atoms with Gasteiger partial charge >= 0.3 is 5.69 Å². The van der Waals surface area contributed by atoms with Crippen LogP contribution in [0.15, 0.2) is 64.2 Å². The molecule has 3 rings (SSSR count). The number of aromatic nitrogens is 2. The minimum absolute atomic E-state index is 0.0334. The molecule has 174 valence electrons. The van der Waals surface area contributed by atoms with E-state index in [9.17, 15) is 14.4 Å². The number of amides is 1. The number of carbonyl (C=O) groups excluding carboxylic acids is 1. The highest BCUT2D eigenvalue weighted by Crippen LogP contribution is 2.19. The average Bonchev–Trinajstić information content (AvgIpc) is 2.83. The number of aromatic amines is 1. The Hall–Kier alpha value is -3.65. The van der Waals surface area contributed by atoms with Crippen molar-refractivity contribution in [2.24, 2.45) is 0 Å². The van der Waals surface area contributed by atoms with Crippen molar-refractivity contribution < 1.29 is 9.53 Å². The second-order valence-electron chi connectivity index (χ2n) is 7.77. The van der Waals surface area contributed by atoms with Crippen molar-refractivity contribution in [2.45, 2.75) is 32.7 Å². The molecule has 0 saturated carbocycles. The average molecular weight is 451 g/mol. The van der Waals surface area contributed by atoms with E-state index in [2.05, 4.69) is 11.9 Å². The number of hydrogen-bond donors (Lipinski definition) is 2. The summed E-state index contributed by atoms with van der Waals surface area (Å²) in [5, 5.41) is 0. The van der Waals surface area contributed by atoms with Crippen molar-refractivity contribution in [1.82, 2.24) is 9.55 Å². The molecule has 33 heavy (non-hydrogen) atoms. The smallest absolute Gasteiger partial charge is 0.330 e. The van der Waals surface area contributed by atoms with Crippen LogP contribution in [0.25, 0.3) is 0 Å². The Morgan fingerprint density at radius 2 is 1.70 bits per heavy atom. The number of hydrogen-bond acceptors (Lipinski definition) is 5. The van der Waals surface area contributed by atoms with Gasteiger partial charge in [0.1, 0.15) is 5.82 Å². The minimum Gasteiger partial charge on any atom is -0.383 e. The van der Waals surface area contributed by atoms with Crippen LogP contribution in [0.4, 0.5) is 11.5 Å². The first-order valence-corrected chi connectivity index (χ1v) is 11.0. The Morgan fingerprint density at radius 3 is 2.33 bits per heavy atom. The summed E-state index contributed by atoms with van der Waals surface area (Å²) < 4.78 is 6.41. The van der Waals surface area contributed by atoms with Gasteiger partial charge in [0.15, 0.2) is 5.69 Å². The number of anilines is 2. The van der Waals surface area contributed by atoms with Crippen LogP contribution in [-0.4, -0.2) is 35.7 Å². The zero-order valence-corrected chi connectivity index (χ0v) is 19.0. The number of ether oxygens (including phenoxy) is 1. The summed E-state index contributed by atoms with van der Waals surface area (Å²) in [6.07, 6.45) is 1.66.